The molecule has 0 spiro atoms. The van der Waals surface area contributed by atoms with Crippen LogP contribution >= 0.6 is 11.3 Å². The second-order valence-electron chi connectivity index (χ2n) is 7.79. The number of carbonyl (C=O) groups excluding carboxylic acids is 2. The number of rotatable bonds is 4. The first-order valence-electron chi connectivity index (χ1n) is 9.11. The minimum Gasteiger partial charge on any atom is -0.444 e. The van der Waals surface area contributed by atoms with Gasteiger partial charge in [0.1, 0.15) is 12.1 Å². The number of hydrogen-bond donors (Lipinski definition) is 0. The Morgan fingerprint density at radius 2 is 1.89 bits per heavy atom. The van der Waals surface area contributed by atoms with Crippen molar-refractivity contribution in [3.63, 3.8) is 0 Å². The van der Waals surface area contributed by atoms with Crippen LogP contribution in [0.25, 0.3) is 0 Å². The van der Waals surface area contributed by atoms with E-state index < -0.39 is 11.7 Å². The molecule has 0 unspecified atom stereocenters. The quantitative estimate of drug-likeness (QED) is 0.764. The highest BCUT2D eigenvalue weighted by Crippen LogP contribution is 2.11. The van der Waals surface area contributed by atoms with E-state index in [1.807, 2.05) is 32.7 Å². The Morgan fingerprint density at radius 3 is 2.41 bits per heavy atom. The Hall–Kier alpha value is -1.87. The number of aromatic nitrogens is 1. The summed E-state index contributed by atoms with van der Waals surface area (Å²) in [7, 11) is 5.42. The summed E-state index contributed by atoms with van der Waals surface area (Å²) in [5.74, 6) is -0.0452. The zero-order valence-corrected chi connectivity index (χ0v) is 18.0. The Labute approximate surface area is 165 Å². The third kappa shape index (κ3) is 6.07. The molecule has 1 aromatic heterocycles. The van der Waals surface area contributed by atoms with E-state index in [0.717, 1.165) is 24.4 Å². The summed E-state index contributed by atoms with van der Waals surface area (Å²) >= 11 is 1.64. The van der Waals surface area contributed by atoms with Gasteiger partial charge in [0, 0.05) is 64.9 Å². The van der Waals surface area contributed by atoms with Crippen molar-refractivity contribution in [3.05, 3.63) is 15.9 Å². The summed E-state index contributed by atoms with van der Waals surface area (Å²) in [4.78, 5) is 35.2. The number of hydrogen-bond acceptors (Lipinski definition) is 6. The molecule has 8 nitrogen and oxygen atoms in total. The number of piperazine rings is 1. The molecule has 0 aromatic carbocycles. The zero-order chi connectivity index (χ0) is 20.2. The highest BCUT2D eigenvalue weighted by Gasteiger charge is 2.25. The van der Waals surface area contributed by atoms with E-state index in [0.29, 0.717) is 13.1 Å². The number of likely N-dealkylation sites (N-methyl/N-ethyl adjacent to an activating group) is 1. The van der Waals surface area contributed by atoms with Crippen LogP contribution in [-0.2, 0) is 23.1 Å². The first kappa shape index (κ1) is 21.4. The second kappa shape index (κ2) is 8.88. The van der Waals surface area contributed by atoms with Crippen LogP contribution in [-0.4, -0.2) is 83.7 Å². The third-order valence-electron chi connectivity index (χ3n) is 4.40. The molecule has 2 amide bonds. The van der Waals surface area contributed by atoms with E-state index in [1.54, 1.807) is 25.4 Å². The largest absolute Gasteiger partial charge is 0.444 e. The average molecular weight is 398 g/mol. The number of carbonyl (C=O) groups is 2. The molecule has 1 aliphatic rings. The van der Waals surface area contributed by atoms with Gasteiger partial charge in [-0.15, -0.1) is 11.3 Å². The molecule has 2 rings (SSSR count). The molecule has 1 aliphatic heterocycles. The lowest BCUT2D eigenvalue weighted by molar-refractivity contribution is -0.133. The molecule has 0 atom stereocenters. The van der Waals surface area contributed by atoms with Crippen LogP contribution in [0.1, 0.15) is 26.5 Å². The first-order chi connectivity index (χ1) is 12.6. The molecule has 1 saturated heterocycles. The van der Waals surface area contributed by atoms with E-state index in [9.17, 15) is 9.59 Å². The summed E-state index contributed by atoms with van der Waals surface area (Å²) in [5.41, 5.74) is 0.660. The van der Waals surface area contributed by atoms with E-state index in [2.05, 4.69) is 19.8 Å². The van der Waals surface area contributed by atoms with Gasteiger partial charge in [-0.1, -0.05) is 0 Å². The molecular weight excluding hydrogens is 366 g/mol. The van der Waals surface area contributed by atoms with Crippen LogP contribution in [0.3, 0.4) is 0 Å². The summed E-state index contributed by atoms with van der Waals surface area (Å²) in [6, 6.07) is 0. The number of ether oxygens (including phenoxy) is 1. The fourth-order valence-electron chi connectivity index (χ4n) is 2.84. The van der Waals surface area contributed by atoms with E-state index in [1.165, 1.54) is 10.6 Å². The van der Waals surface area contributed by atoms with Gasteiger partial charge in [-0.05, 0) is 20.8 Å². The minimum atomic E-state index is -0.567. The fourth-order valence-corrected chi connectivity index (χ4v) is 3.69. The monoisotopic (exact) mass is 397 g/mol. The smallest absolute Gasteiger partial charge is 0.410 e. The Kier molecular flexibility index (Phi) is 7.05. The maximum Gasteiger partial charge on any atom is 0.410 e. The van der Waals surface area contributed by atoms with Gasteiger partial charge < -0.3 is 19.1 Å². The highest BCUT2D eigenvalue weighted by atomic mass is 32.1. The maximum absolute atomic E-state index is 12.5. The van der Waals surface area contributed by atoms with Crippen LogP contribution in [0.2, 0.25) is 0 Å². The van der Waals surface area contributed by atoms with Crippen molar-refractivity contribution in [2.75, 3.05) is 46.8 Å². The molecule has 9 heteroatoms. The number of thiazole rings is 1. The number of nitrogens with zero attached hydrogens (tertiary/aromatic N) is 5. The van der Waals surface area contributed by atoms with Gasteiger partial charge in [0.25, 0.3) is 0 Å². The van der Waals surface area contributed by atoms with Gasteiger partial charge >= 0.3 is 6.09 Å². The lowest BCUT2D eigenvalue weighted by atomic mass is 10.2. The van der Waals surface area contributed by atoms with Gasteiger partial charge in [0.05, 0.1) is 0 Å². The van der Waals surface area contributed by atoms with Gasteiger partial charge in [0.15, 0.2) is 4.80 Å². The van der Waals surface area contributed by atoms with Crippen LogP contribution in [0.15, 0.2) is 10.4 Å². The fraction of sp³-hybridized carbons (Fsp3) is 0.722. The Bertz CT molecular complexity index is 726. The van der Waals surface area contributed by atoms with Crippen LogP contribution in [0.5, 0.6) is 0 Å². The predicted octanol–water partition coefficient (Wildman–Crippen LogP) is 1.13. The van der Waals surface area contributed by atoms with Gasteiger partial charge in [0.2, 0.25) is 5.91 Å². The molecule has 0 bridgehead atoms. The molecule has 0 aliphatic carbocycles. The first-order valence-corrected chi connectivity index (χ1v) is 9.99. The van der Waals surface area contributed by atoms with Crippen LogP contribution in [0.4, 0.5) is 4.79 Å². The molecule has 0 saturated carbocycles. The number of amides is 2. The average Bonchev–Trinajstić information content (AvgIpc) is 2.93. The Balaban J connectivity index is 1.81. The van der Waals surface area contributed by atoms with Crippen molar-refractivity contribution in [2.24, 2.45) is 12.0 Å². The predicted molar refractivity (Wildman–Crippen MR) is 105 cm³/mol. The minimum absolute atomic E-state index is 0.0375. The van der Waals surface area contributed by atoms with Crippen molar-refractivity contribution in [3.8, 4) is 0 Å². The SMILES string of the molecule is C/N=c1\scc(CN2CCN(C(=O)CN(C)C(=O)OC(C)(C)C)CC2)n1C. The van der Waals surface area contributed by atoms with Gasteiger partial charge in [-0.25, -0.2) is 4.79 Å². The highest BCUT2D eigenvalue weighted by molar-refractivity contribution is 7.07. The zero-order valence-electron chi connectivity index (χ0n) is 17.2. The summed E-state index contributed by atoms with van der Waals surface area (Å²) in [6.07, 6.45) is -0.475. The molecule has 1 aromatic rings. The van der Waals surface area contributed by atoms with Crippen LogP contribution in [0, 0.1) is 0 Å². The topological polar surface area (TPSA) is 70.4 Å². The molecule has 1 fully saturated rings. The van der Waals surface area contributed by atoms with E-state index >= 15 is 0 Å². The summed E-state index contributed by atoms with van der Waals surface area (Å²) < 4.78 is 7.40. The van der Waals surface area contributed by atoms with Gasteiger partial charge in [-0.2, -0.15) is 0 Å². The summed E-state index contributed by atoms with van der Waals surface area (Å²) in [6.45, 7) is 9.28. The molecule has 0 N–H and O–H groups in total. The van der Waals surface area contributed by atoms with Crippen LogP contribution < -0.4 is 4.80 Å². The standard InChI is InChI=1S/C18H31N5O3S/c1-18(2,3)26-17(25)20(5)12-15(24)23-9-7-22(8-10-23)11-14-13-27-16(19-4)21(14)6/h13H,7-12H2,1-6H3/b19-16-. The normalized spacial score (nSPS) is 16.5. The van der Waals surface area contributed by atoms with Crippen molar-refractivity contribution in [1.29, 1.82) is 0 Å². The molecular formula is C18H31N5O3S. The van der Waals surface area contributed by atoms with Crippen molar-refractivity contribution < 1.29 is 14.3 Å². The van der Waals surface area contributed by atoms with Crippen molar-refractivity contribution in [2.45, 2.75) is 32.9 Å². The lowest BCUT2D eigenvalue weighted by Crippen LogP contribution is -2.51. The van der Waals surface area contributed by atoms with Gasteiger partial charge in [-0.3, -0.25) is 14.7 Å². The van der Waals surface area contributed by atoms with E-state index in [4.69, 9.17) is 4.74 Å². The second-order valence-corrected chi connectivity index (χ2v) is 8.62. The van der Waals surface area contributed by atoms with E-state index in [-0.39, 0.29) is 12.5 Å². The maximum atomic E-state index is 12.5. The summed E-state index contributed by atoms with van der Waals surface area (Å²) in [5, 5.41) is 2.13. The molecule has 152 valence electrons. The molecule has 2 heterocycles. The lowest BCUT2D eigenvalue weighted by Gasteiger charge is -2.35. The molecule has 0 radical (unpaired) electrons. The Morgan fingerprint density at radius 1 is 1.26 bits per heavy atom. The van der Waals surface area contributed by atoms with Crippen molar-refractivity contribution >= 4 is 23.3 Å². The van der Waals surface area contributed by atoms with Crippen molar-refractivity contribution in [1.82, 2.24) is 19.3 Å². The molecule has 27 heavy (non-hydrogen) atoms. The third-order valence-corrected chi connectivity index (χ3v) is 5.45.